The summed E-state index contributed by atoms with van der Waals surface area (Å²) < 4.78 is 2.22. The van der Waals surface area contributed by atoms with Gasteiger partial charge in [-0.05, 0) is 47.0 Å². The Morgan fingerprint density at radius 3 is 1.79 bits per heavy atom. The van der Waals surface area contributed by atoms with Gasteiger partial charge < -0.3 is 4.90 Å². The molecule has 0 saturated carbocycles. The summed E-state index contributed by atoms with van der Waals surface area (Å²) in [5.74, 6) is 0.107. The Hall–Kier alpha value is -4.76. The molecule has 0 fully saturated rings. The van der Waals surface area contributed by atoms with Gasteiger partial charge in [0.25, 0.3) is 0 Å². The van der Waals surface area contributed by atoms with Crippen LogP contribution in [0.1, 0.15) is 22.9 Å². The monoisotopic (exact) mass is 493 g/mol. The molecule has 4 aromatic carbocycles. The van der Waals surface area contributed by atoms with E-state index in [0.29, 0.717) is 0 Å². The number of hydrogen-bond donors (Lipinski definition) is 0. The molecule has 0 bridgehead atoms. The van der Waals surface area contributed by atoms with Gasteiger partial charge in [0.2, 0.25) is 23.2 Å². The minimum absolute atomic E-state index is 0.107. The van der Waals surface area contributed by atoms with E-state index in [1.807, 2.05) is 62.6 Å². The number of fused-ring (bicyclic) bond motifs is 1. The fourth-order valence-electron chi connectivity index (χ4n) is 5.23. The van der Waals surface area contributed by atoms with E-state index < -0.39 is 6.04 Å². The highest BCUT2D eigenvalue weighted by Gasteiger charge is 2.46. The number of nitrogens with zero attached hydrogens (tertiary/aromatic N) is 2. The second kappa shape index (κ2) is 9.95. The zero-order valence-electron chi connectivity index (χ0n) is 21.6. The first-order chi connectivity index (χ1) is 18.6. The molecule has 1 aliphatic rings. The van der Waals surface area contributed by atoms with Gasteiger partial charge in [-0.1, -0.05) is 91.0 Å². The third kappa shape index (κ3) is 4.33. The molecule has 184 valence electrons. The van der Waals surface area contributed by atoms with Crippen molar-refractivity contribution in [2.75, 3.05) is 19.0 Å². The van der Waals surface area contributed by atoms with Gasteiger partial charge in [-0.15, -0.1) is 0 Å². The molecule has 2 heterocycles. The van der Waals surface area contributed by atoms with Crippen molar-refractivity contribution in [1.29, 1.82) is 0 Å². The number of hydrogen-bond acceptors (Lipinski definition) is 2. The lowest BCUT2D eigenvalue weighted by molar-refractivity contribution is -0.685. The average Bonchev–Trinajstić information content (AvgIpc) is 3.25. The molecule has 1 atom stereocenters. The van der Waals surface area contributed by atoms with E-state index in [9.17, 15) is 4.79 Å². The number of pyridine rings is 1. The van der Waals surface area contributed by atoms with Crippen molar-refractivity contribution >= 4 is 23.1 Å². The van der Waals surface area contributed by atoms with Gasteiger partial charge in [-0.25, -0.2) is 0 Å². The fraction of sp³-hybridized carbons (Fsp3) is 0.0857. The van der Waals surface area contributed by atoms with Crippen LogP contribution in [0.15, 0.2) is 127 Å². The fourth-order valence-corrected chi connectivity index (χ4v) is 5.23. The lowest BCUT2D eigenvalue weighted by Gasteiger charge is -2.12. The van der Waals surface area contributed by atoms with Crippen LogP contribution in [0.25, 0.3) is 34.0 Å². The summed E-state index contributed by atoms with van der Waals surface area (Å²) >= 11 is 0. The van der Waals surface area contributed by atoms with E-state index in [2.05, 4.69) is 94.4 Å². The summed E-state index contributed by atoms with van der Waals surface area (Å²) in [6.07, 6.45) is 2.04. The van der Waals surface area contributed by atoms with E-state index in [1.165, 1.54) is 0 Å². The Morgan fingerprint density at radius 2 is 1.18 bits per heavy atom. The average molecular weight is 494 g/mol. The standard InChI is InChI=1S/C35H29N2O/c1-36(2)30-20-18-25(19-21-30)22-31-33-24-29(26-12-6-3-7-13-26)23-32(27-14-8-4-9-15-27)37(33)34(35(31)38)28-16-10-5-11-17-28/h3-24,34H,1-2H3/q+1. The Morgan fingerprint density at radius 1 is 0.632 bits per heavy atom. The van der Waals surface area contributed by atoms with E-state index >= 15 is 0 Å². The van der Waals surface area contributed by atoms with Gasteiger partial charge in [0.05, 0.1) is 5.57 Å². The Bertz CT molecular complexity index is 1620. The Kier molecular flexibility index (Phi) is 6.19. The lowest BCUT2D eigenvalue weighted by Crippen LogP contribution is -2.43. The maximum absolute atomic E-state index is 14.3. The number of carbonyl (C=O) groups is 1. The minimum atomic E-state index is -0.432. The number of carbonyl (C=O) groups excluding carboxylic acids is 1. The summed E-state index contributed by atoms with van der Waals surface area (Å²) in [6, 6.07) is 43.1. The maximum atomic E-state index is 14.3. The van der Waals surface area contributed by atoms with Gasteiger partial charge >= 0.3 is 0 Å². The molecule has 0 radical (unpaired) electrons. The van der Waals surface area contributed by atoms with Gasteiger partial charge in [-0.2, -0.15) is 4.57 Å². The SMILES string of the molecule is CN(C)c1ccc(C=C2C(=O)C(c3ccccc3)[n+]3c2cc(-c2ccccc2)cc3-c2ccccc2)cc1. The topological polar surface area (TPSA) is 24.2 Å². The second-order valence-corrected chi connectivity index (χ2v) is 9.84. The number of ketones is 1. The number of anilines is 1. The number of benzene rings is 4. The molecule has 0 amide bonds. The normalized spacial score (nSPS) is 15.5. The zero-order chi connectivity index (χ0) is 26.1. The summed E-state index contributed by atoms with van der Waals surface area (Å²) in [7, 11) is 4.06. The van der Waals surface area contributed by atoms with Gasteiger partial charge in [0.1, 0.15) is 0 Å². The molecule has 1 aliphatic heterocycles. The molecule has 38 heavy (non-hydrogen) atoms. The summed E-state index contributed by atoms with van der Waals surface area (Å²) in [5, 5.41) is 0. The van der Waals surface area contributed by atoms with Crippen LogP contribution in [0.4, 0.5) is 5.69 Å². The van der Waals surface area contributed by atoms with Crippen LogP contribution in [-0.4, -0.2) is 19.9 Å². The zero-order valence-corrected chi connectivity index (χ0v) is 21.6. The second-order valence-electron chi connectivity index (χ2n) is 9.84. The number of allylic oxidation sites excluding steroid dienone is 1. The molecule has 1 aromatic heterocycles. The molecule has 0 N–H and O–H groups in total. The van der Waals surface area contributed by atoms with Gasteiger partial charge in [0.15, 0.2) is 0 Å². The smallest absolute Gasteiger partial charge is 0.247 e. The van der Waals surface area contributed by atoms with Crippen molar-refractivity contribution < 1.29 is 9.36 Å². The van der Waals surface area contributed by atoms with Crippen molar-refractivity contribution in [3.63, 3.8) is 0 Å². The first-order valence-electron chi connectivity index (χ1n) is 12.9. The molecule has 3 heteroatoms. The molecular formula is C35H29N2O+. The largest absolute Gasteiger partial charge is 0.378 e. The van der Waals surface area contributed by atoms with E-state index in [0.717, 1.165) is 50.5 Å². The highest BCUT2D eigenvalue weighted by Crippen LogP contribution is 2.37. The first-order valence-corrected chi connectivity index (χ1v) is 12.9. The van der Waals surface area contributed by atoms with Gasteiger partial charge in [0, 0.05) is 43.0 Å². The number of aromatic nitrogens is 1. The molecule has 5 aromatic rings. The third-order valence-corrected chi connectivity index (χ3v) is 7.16. The van der Waals surface area contributed by atoms with Crippen molar-refractivity contribution in [1.82, 2.24) is 0 Å². The molecule has 0 saturated heterocycles. The molecule has 0 spiro atoms. The van der Waals surface area contributed by atoms with Crippen LogP contribution in [-0.2, 0) is 4.79 Å². The van der Waals surface area contributed by atoms with Crippen molar-refractivity contribution in [2.45, 2.75) is 6.04 Å². The van der Waals surface area contributed by atoms with Crippen molar-refractivity contribution in [3.05, 3.63) is 144 Å². The molecule has 6 rings (SSSR count). The predicted molar refractivity (Wildman–Crippen MR) is 156 cm³/mol. The van der Waals surface area contributed by atoms with Crippen LogP contribution >= 0.6 is 0 Å². The molecule has 1 unspecified atom stereocenters. The Balaban J connectivity index is 1.63. The van der Waals surface area contributed by atoms with E-state index in [-0.39, 0.29) is 5.78 Å². The molecule has 0 aliphatic carbocycles. The number of Topliss-reactive ketones (excluding diaryl/α,β-unsaturated/α-hetero) is 1. The van der Waals surface area contributed by atoms with E-state index in [1.54, 1.807) is 0 Å². The summed E-state index contributed by atoms with van der Waals surface area (Å²) in [4.78, 5) is 16.4. The summed E-state index contributed by atoms with van der Waals surface area (Å²) in [5.41, 5.74) is 9.09. The van der Waals surface area contributed by atoms with E-state index in [4.69, 9.17) is 0 Å². The first kappa shape index (κ1) is 23.6. The minimum Gasteiger partial charge on any atom is -0.378 e. The van der Waals surface area contributed by atoms with Crippen molar-refractivity contribution in [2.24, 2.45) is 0 Å². The maximum Gasteiger partial charge on any atom is 0.247 e. The van der Waals surface area contributed by atoms with Crippen LogP contribution < -0.4 is 9.47 Å². The highest BCUT2D eigenvalue weighted by molar-refractivity contribution is 6.28. The predicted octanol–water partition coefficient (Wildman–Crippen LogP) is 7.09. The third-order valence-electron chi connectivity index (χ3n) is 7.16. The van der Waals surface area contributed by atoms with Crippen molar-refractivity contribution in [3.8, 4) is 22.4 Å². The number of rotatable bonds is 5. The van der Waals surface area contributed by atoms with Crippen LogP contribution in [0.2, 0.25) is 0 Å². The van der Waals surface area contributed by atoms with Crippen LogP contribution in [0, 0.1) is 0 Å². The molecular weight excluding hydrogens is 464 g/mol. The quantitative estimate of drug-likeness (QED) is 0.193. The highest BCUT2D eigenvalue weighted by atomic mass is 16.1. The van der Waals surface area contributed by atoms with Crippen LogP contribution in [0.3, 0.4) is 0 Å². The summed E-state index contributed by atoms with van der Waals surface area (Å²) in [6.45, 7) is 0. The Labute approximate surface area is 224 Å². The lowest BCUT2D eigenvalue weighted by atomic mass is 9.98. The van der Waals surface area contributed by atoms with Crippen LogP contribution in [0.5, 0.6) is 0 Å². The molecule has 3 nitrogen and oxygen atoms in total. The van der Waals surface area contributed by atoms with Gasteiger partial charge in [-0.3, -0.25) is 4.79 Å².